The Morgan fingerprint density at radius 3 is 2.30 bits per heavy atom. The molecule has 1 aliphatic heterocycles. The van der Waals surface area contributed by atoms with Crippen molar-refractivity contribution < 1.29 is 13.7 Å². The minimum absolute atomic E-state index is 0.0512. The smallest absolute Gasteiger partial charge is 0.229 e. The number of methoxy groups -OCH3 is 1. The summed E-state index contributed by atoms with van der Waals surface area (Å²) in [5.41, 5.74) is 5.08. The van der Waals surface area contributed by atoms with Crippen molar-refractivity contribution in [3.63, 3.8) is 0 Å². The van der Waals surface area contributed by atoms with Crippen LogP contribution in [-0.4, -0.2) is 53.3 Å². The fourth-order valence-electron chi connectivity index (χ4n) is 6.63. The highest BCUT2D eigenvalue weighted by Gasteiger charge is 2.32. The Hall–Kier alpha value is -4.40. The third kappa shape index (κ3) is 7.52. The number of nitrogens with zero attached hydrogens (tertiary/aromatic N) is 5. The summed E-state index contributed by atoms with van der Waals surface area (Å²) in [5.74, 6) is 0.606. The molecular weight excluding hydrogens is 672 g/mol. The van der Waals surface area contributed by atoms with Gasteiger partial charge in [0.15, 0.2) is 17.4 Å². The van der Waals surface area contributed by atoms with Crippen LogP contribution in [0.4, 0.5) is 33.2 Å². The summed E-state index contributed by atoms with van der Waals surface area (Å²) >= 11 is 6.60. The molecule has 1 aliphatic rings. The number of piperidine rings is 1. The summed E-state index contributed by atoms with van der Waals surface area (Å²) in [6.07, 6.45) is 7.01. The summed E-state index contributed by atoms with van der Waals surface area (Å²) in [6.45, 7) is 11.7. The Morgan fingerprint density at radius 1 is 0.960 bits per heavy atom. The van der Waals surface area contributed by atoms with Gasteiger partial charge in [-0.2, -0.15) is 10.1 Å². The predicted octanol–water partition coefficient (Wildman–Crippen LogP) is 9.34. The van der Waals surface area contributed by atoms with Crippen LogP contribution in [0.25, 0.3) is 22.3 Å². The molecule has 5 aromatic rings. The van der Waals surface area contributed by atoms with Crippen molar-refractivity contribution >= 4 is 52.9 Å². The zero-order chi connectivity index (χ0) is 35.8. The Morgan fingerprint density at radius 2 is 1.68 bits per heavy atom. The van der Waals surface area contributed by atoms with Gasteiger partial charge in [-0.15, -0.1) is 0 Å². The fourth-order valence-corrected chi connectivity index (χ4v) is 7.93. The van der Waals surface area contributed by atoms with E-state index in [-0.39, 0.29) is 22.1 Å². The summed E-state index contributed by atoms with van der Waals surface area (Å²) in [7, 11) is 0.555. The first kappa shape index (κ1) is 35.4. The van der Waals surface area contributed by atoms with Gasteiger partial charge >= 0.3 is 0 Å². The minimum atomic E-state index is -2.73. The number of hydrogen-bond acceptors (Lipinski definition) is 8. The van der Waals surface area contributed by atoms with Crippen LogP contribution in [0.2, 0.25) is 5.02 Å². The maximum Gasteiger partial charge on any atom is 0.229 e. The average Bonchev–Trinajstić information content (AvgIpc) is 3.52. The molecule has 3 aromatic carbocycles. The van der Waals surface area contributed by atoms with Crippen molar-refractivity contribution in [2.24, 2.45) is 18.4 Å². The van der Waals surface area contributed by atoms with Gasteiger partial charge in [-0.3, -0.25) is 4.68 Å². The fraction of sp³-hybridized carbons (Fsp3) is 0.342. The van der Waals surface area contributed by atoms with Crippen molar-refractivity contribution in [1.29, 1.82) is 0 Å². The maximum atomic E-state index is 16.7. The standard InChI is InChI=1S/C38H44ClFN7O2P/c1-38(2,3)27-15-17-47(18-16-27)34-28(26-21-42-46(4)23-26)20-31(35(49-5)33(34)40)44-37-41-22-29(39)36(45-37)43-30-14-13-25(19-32(30)50(6,7)48)24-11-9-8-10-12-24/h8-14,19-23,27H,15-18H2,1-7H3,(H2,41,43,44,45). The number of benzene rings is 3. The maximum absolute atomic E-state index is 16.7. The molecule has 3 heterocycles. The molecule has 0 atom stereocenters. The molecule has 0 aliphatic carbocycles. The molecule has 1 saturated heterocycles. The number of nitrogens with one attached hydrogen (secondary N) is 2. The van der Waals surface area contributed by atoms with Gasteiger partial charge in [0.2, 0.25) is 5.95 Å². The van der Waals surface area contributed by atoms with Gasteiger partial charge in [0.25, 0.3) is 0 Å². The van der Waals surface area contributed by atoms with Crippen LogP contribution in [0.5, 0.6) is 5.75 Å². The van der Waals surface area contributed by atoms with Gasteiger partial charge in [0, 0.05) is 42.8 Å². The number of ether oxygens (including phenoxy) is 1. The highest BCUT2D eigenvalue weighted by molar-refractivity contribution is 7.70. The van der Waals surface area contributed by atoms with Crippen molar-refractivity contribution in [3.05, 3.63) is 84.0 Å². The van der Waals surface area contributed by atoms with Crippen LogP contribution in [0.1, 0.15) is 33.6 Å². The van der Waals surface area contributed by atoms with Crippen molar-refractivity contribution in [1.82, 2.24) is 19.7 Å². The van der Waals surface area contributed by atoms with E-state index in [9.17, 15) is 4.57 Å². The number of rotatable bonds is 9. The quantitative estimate of drug-likeness (QED) is 0.146. The molecule has 12 heteroatoms. The van der Waals surface area contributed by atoms with Gasteiger partial charge in [-0.25, -0.2) is 9.37 Å². The van der Waals surface area contributed by atoms with Gasteiger partial charge < -0.3 is 24.8 Å². The summed E-state index contributed by atoms with van der Waals surface area (Å²) < 4.78 is 37.6. The van der Waals surface area contributed by atoms with E-state index in [0.717, 1.165) is 42.6 Å². The zero-order valence-corrected chi connectivity index (χ0v) is 31.2. The van der Waals surface area contributed by atoms with E-state index in [1.165, 1.54) is 13.3 Å². The third-order valence-corrected chi connectivity index (χ3v) is 11.2. The van der Waals surface area contributed by atoms with Crippen LogP contribution < -0.4 is 25.6 Å². The number of aromatic nitrogens is 4. The van der Waals surface area contributed by atoms with E-state index in [1.807, 2.05) is 67.8 Å². The van der Waals surface area contributed by atoms with Gasteiger partial charge in [0.05, 0.1) is 36.6 Å². The second-order valence-corrected chi connectivity index (χ2v) is 17.9. The minimum Gasteiger partial charge on any atom is -0.492 e. The lowest BCUT2D eigenvalue weighted by Crippen LogP contribution is -2.38. The number of halogens is 2. The van der Waals surface area contributed by atoms with Crippen LogP contribution in [0.3, 0.4) is 0 Å². The van der Waals surface area contributed by atoms with Gasteiger partial charge in [-0.05, 0) is 66.8 Å². The molecule has 2 aromatic heterocycles. The summed E-state index contributed by atoms with van der Waals surface area (Å²) in [5, 5.41) is 11.8. The second-order valence-electron chi connectivity index (χ2n) is 14.3. The van der Waals surface area contributed by atoms with E-state index in [0.29, 0.717) is 39.7 Å². The number of aryl methyl sites for hydroxylation is 1. The molecule has 6 rings (SSSR count). The third-order valence-electron chi connectivity index (χ3n) is 9.38. The Bertz CT molecular complexity index is 2050. The van der Waals surface area contributed by atoms with E-state index in [1.54, 1.807) is 24.2 Å². The molecule has 0 radical (unpaired) electrons. The highest BCUT2D eigenvalue weighted by Crippen LogP contribution is 2.46. The van der Waals surface area contributed by atoms with Crippen LogP contribution in [0.15, 0.2) is 73.2 Å². The predicted molar refractivity (Wildman–Crippen MR) is 204 cm³/mol. The molecule has 0 bridgehead atoms. The van der Waals surface area contributed by atoms with Crippen LogP contribution in [0, 0.1) is 17.2 Å². The zero-order valence-electron chi connectivity index (χ0n) is 29.6. The molecular formula is C38H44ClFN7O2P. The average molecular weight is 716 g/mol. The first-order chi connectivity index (χ1) is 23.7. The molecule has 1 fully saturated rings. The van der Waals surface area contributed by atoms with E-state index in [2.05, 4.69) is 51.4 Å². The SMILES string of the molecule is COc1c(Nc2ncc(Cl)c(Nc3ccc(-c4ccccc4)cc3P(C)(C)=O)n2)cc(-c2cnn(C)c2)c(N2CCC(C(C)(C)C)CC2)c1F. The highest BCUT2D eigenvalue weighted by atomic mass is 35.5. The first-order valence-corrected chi connectivity index (χ1v) is 19.7. The van der Waals surface area contributed by atoms with E-state index < -0.39 is 13.0 Å². The molecule has 262 valence electrons. The Kier molecular flexibility index (Phi) is 9.98. The van der Waals surface area contributed by atoms with Gasteiger partial charge in [0.1, 0.15) is 12.2 Å². The van der Waals surface area contributed by atoms with Crippen LogP contribution in [-0.2, 0) is 11.6 Å². The molecule has 0 spiro atoms. The van der Waals surface area contributed by atoms with Crippen molar-refractivity contribution in [3.8, 4) is 28.0 Å². The topological polar surface area (TPSA) is 97.2 Å². The Labute approximate surface area is 298 Å². The lowest BCUT2D eigenvalue weighted by Gasteiger charge is -2.40. The number of anilines is 5. The van der Waals surface area contributed by atoms with Gasteiger partial charge in [-0.1, -0.05) is 68.8 Å². The van der Waals surface area contributed by atoms with Crippen molar-refractivity contribution in [2.75, 3.05) is 49.1 Å². The lowest BCUT2D eigenvalue weighted by molar-refractivity contribution is 0.198. The second kappa shape index (κ2) is 14.1. The van der Waals surface area contributed by atoms with E-state index >= 15 is 4.39 Å². The van der Waals surface area contributed by atoms with Crippen molar-refractivity contribution in [2.45, 2.75) is 33.6 Å². The molecule has 9 nitrogen and oxygen atoms in total. The normalized spacial score (nSPS) is 14.1. The molecule has 0 amide bonds. The first-order valence-electron chi connectivity index (χ1n) is 16.7. The molecule has 0 saturated carbocycles. The summed E-state index contributed by atoms with van der Waals surface area (Å²) in [6, 6.07) is 17.6. The molecule has 2 N–H and O–H groups in total. The van der Waals surface area contributed by atoms with E-state index in [4.69, 9.17) is 16.3 Å². The Balaban J connectivity index is 1.35. The number of hydrogen-bond donors (Lipinski definition) is 2. The molecule has 50 heavy (non-hydrogen) atoms. The monoisotopic (exact) mass is 715 g/mol. The van der Waals surface area contributed by atoms with Crippen LogP contribution >= 0.6 is 18.7 Å². The molecule has 0 unspecified atom stereocenters. The lowest BCUT2D eigenvalue weighted by atomic mass is 9.75. The summed E-state index contributed by atoms with van der Waals surface area (Å²) in [4.78, 5) is 11.2. The largest absolute Gasteiger partial charge is 0.492 e.